The van der Waals surface area contributed by atoms with Gasteiger partial charge >= 0.3 is 0 Å². The first-order chi connectivity index (χ1) is 12.3. The first kappa shape index (κ1) is 18.1. The van der Waals surface area contributed by atoms with Crippen molar-refractivity contribution in [1.82, 2.24) is 20.0 Å². The number of hydrogen-bond donors (Lipinski definition) is 0. The first-order valence-electron chi connectivity index (χ1n) is 7.75. The number of benzene rings is 1. The second kappa shape index (κ2) is 6.87. The number of ether oxygens (including phenoxy) is 1. The van der Waals surface area contributed by atoms with Crippen LogP contribution < -0.4 is 10.3 Å². The number of nitrogens with zero attached hydrogens (tertiary/aromatic N) is 4. The van der Waals surface area contributed by atoms with E-state index in [0.29, 0.717) is 5.56 Å². The molecule has 0 radical (unpaired) electrons. The van der Waals surface area contributed by atoms with Crippen LogP contribution in [0.2, 0.25) is 5.02 Å². The Balaban J connectivity index is 1.76. The van der Waals surface area contributed by atoms with Gasteiger partial charge in [0.2, 0.25) is 5.89 Å². The Bertz CT molecular complexity index is 994. The lowest BCUT2D eigenvalue weighted by Gasteiger charge is -2.20. The largest absolute Gasteiger partial charge is 0.480 e. The van der Waals surface area contributed by atoms with Crippen molar-refractivity contribution in [2.45, 2.75) is 32.9 Å². The molecule has 0 spiro atoms. The van der Waals surface area contributed by atoms with Crippen LogP contribution in [0.1, 0.15) is 26.7 Å². The predicted octanol–water partition coefficient (Wildman–Crippen LogP) is 3.42. The van der Waals surface area contributed by atoms with Crippen LogP contribution in [0.25, 0.3) is 11.5 Å². The molecule has 0 bridgehead atoms. The number of rotatable bonds is 4. The van der Waals surface area contributed by atoms with Crippen LogP contribution in [0, 0.1) is 5.82 Å². The summed E-state index contributed by atoms with van der Waals surface area (Å²) in [6.45, 7) is 5.41. The molecular weight excluding hydrogens is 363 g/mol. The van der Waals surface area contributed by atoms with Crippen LogP contribution in [0.3, 0.4) is 0 Å². The van der Waals surface area contributed by atoms with Crippen molar-refractivity contribution >= 4 is 11.6 Å². The number of hydrogen-bond acceptors (Lipinski definition) is 6. The van der Waals surface area contributed by atoms with Crippen molar-refractivity contribution < 1.29 is 13.5 Å². The normalized spacial score (nSPS) is 11.6. The Morgan fingerprint density at radius 2 is 2.08 bits per heavy atom. The summed E-state index contributed by atoms with van der Waals surface area (Å²) in [7, 11) is 0. The van der Waals surface area contributed by atoms with Crippen LogP contribution >= 0.6 is 11.6 Å². The van der Waals surface area contributed by atoms with Gasteiger partial charge < -0.3 is 9.15 Å². The summed E-state index contributed by atoms with van der Waals surface area (Å²) < 4.78 is 25.4. The van der Waals surface area contributed by atoms with Gasteiger partial charge in [0.25, 0.3) is 11.4 Å². The Kier molecular flexibility index (Phi) is 4.78. The summed E-state index contributed by atoms with van der Waals surface area (Å²) in [6, 6.07) is 5.79. The van der Waals surface area contributed by atoms with Crippen LogP contribution in [0.4, 0.5) is 4.39 Å². The van der Waals surface area contributed by atoms with Gasteiger partial charge in [-0.1, -0.05) is 17.7 Å². The fourth-order valence-electron chi connectivity index (χ4n) is 2.19. The maximum atomic E-state index is 13.3. The van der Waals surface area contributed by atoms with E-state index in [9.17, 15) is 9.18 Å². The Labute approximate surface area is 153 Å². The molecule has 1 aromatic carbocycles. The predicted molar refractivity (Wildman–Crippen MR) is 92.5 cm³/mol. The van der Waals surface area contributed by atoms with Crippen molar-refractivity contribution in [3.63, 3.8) is 0 Å². The summed E-state index contributed by atoms with van der Waals surface area (Å²) in [6.07, 6.45) is 1.36. The molecule has 0 fully saturated rings. The van der Waals surface area contributed by atoms with Gasteiger partial charge in [-0.25, -0.2) is 9.07 Å². The lowest BCUT2D eigenvalue weighted by atomic mass is 10.1. The Morgan fingerprint density at radius 3 is 2.77 bits per heavy atom. The van der Waals surface area contributed by atoms with Crippen molar-refractivity contribution in [3.8, 4) is 17.2 Å². The third kappa shape index (κ3) is 3.75. The highest BCUT2D eigenvalue weighted by Crippen LogP contribution is 2.23. The smallest absolute Gasteiger partial charge is 0.289 e. The lowest BCUT2D eigenvalue weighted by Crippen LogP contribution is -2.36. The molecule has 2 heterocycles. The van der Waals surface area contributed by atoms with Gasteiger partial charge in [-0.05, 0) is 39.0 Å². The van der Waals surface area contributed by atoms with Gasteiger partial charge in [-0.2, -0.15) is 5.10 Å². The van der Waals surface area contributed by atoms with E-state index in [0.717, 1.165) is 0 Å². The molecule has 0 amide bonds. The SMILES string of the molecule is CC(C)(C)n1ncc(OCc2nnc(-c3cccc(F)c3)o2)c(Cl)c1=O. The van der Waals surface area contributed by atoms with Crippen molar-refractivity contribution in [1.29, 1.82) is 0 Å². The number of halogens is 2. The molecule has 0 aliphatic heterocycles. The zero-order valence-corrected chi connectivity index (χ0v) is 15.1. The van der Waals surface area contributed by atoms with E-state index in [1.807, 2.05) is 20.8 Å². The second-order valence-electron chi connectivity index (χ2n) is 6.51. The topological polar surface area (TPSA) is 83.0 Å². The lowest BCUT2D eigenvalue weighted by molar-refractivity contribution is 0.258. The minimum Gasteiger partial charge on any atom is -0.480 e. The summed E-state index contributed by atoms with van der Waals surface area (Å²) in [5, 5.41) is 11.7. The average Bonchev–Trinajstić information content (AvgIpc) is 3.04. The van der Waals surface area contributed by atoms with E-state index in [4.69, 9.17) is 20.8 Å². The van der Waals surface area contributed by atoms with E-state index in [1.165, 1.54) is 23.0 Å². The minimum atomic E-state index is -0.508. The maximum absolute atomic E-state index is 13.3. The Morgan fingerprint density at radius 1 is 1.31 bits per heavy atom. The zero-order valence-electron chi connectivity index (χ0n) is 14.4. The van der Waals surface area contributed by atoms with E-state index < -0.39 is 16.9 Å². The monoisotopic (exact) mass is 378 g/mol. The highest BCUT2D eigenvalue weighted by molar-refractivity contribution is 6.31. The molecule has 0 aliphatic rings. The fraction of sp³-hybridized carbons (Fsp3) is 0.294. The standard InChI is InChI=1S/C17H16ClFN4O3/c1-17(2,3)23-16(24)14(18)12(8-20-23)25-9-13-21-22-15(26-13)10-5-4-6-11(19)7-10/h4-8H,9H2,1-3H3. The van der Waals surface area contributed by atoms with Gasteiger partial charge in [0.05, 0.1) is 11.7 Å². The van der Waals surface area contributed by atoms with E-state index in [1.54, 1.807) is 12.1 Å². The summed E-state index contributed by atoms with van der Waals surface area (Å²) in [5.41, 5.74) is -0.509. The van der Waals surface area contributed by atoms with Crippen LogP contribution in [0.15, 0.2) is 39.7 Å². The molecule has 2 aromatic heterocycles. The third-order valence-electron chi connectivity index (χ3n) is 3.41. The molecule has 136 valence electrons. The third-order valence-corrected chi connectivity index (χ3v) is 3.76. The number of aromatic nitrogens is 4. The second-order valence-corrected chi connectivity index (χ2v) is 6.89. The molecule has 26 heavy (non-hydrogen) atoms. The molecule has 0 saturated heterocycles. The highest BCUT2D eigenvalue weighted by atomic mass is 35.5. The van der Waals surface area contributed by atoms with Crippen molar-refractivity contribution in [2.24, 2.45) is 0 Å². The van der Waals surface area contributed by atoms with Gasteiger partial charge in [0, 0.05) is 5.56 Å². The van der Waals surface area contributed by atoms with E-state index in [2.05, 4.69) is 15.3 Å². The fourth-order valence-corrected chi connectivity index (χ4v) is 2.37. The van der Waals surface area contributed by atoms with Crippen LogP contribution in [0.5, 0.6) is 5.75 Å². The molecule has 3 rings (SSSR count). The minimum absolute atomic E-state index is 0.0835. The summed E-state index contributed by atoms with van der Waals surface area (Å²) >= 11 is 6.08. The van der Waals surface area contributed by atoms with E-state index in [-0.39, 0.29) is 29.2 Å². The van der Waals surface area contributed by atoms with Crippen molar-refractivity contribution in [2.75, 3.05) is 0 Å². The van der Waals surface area contributed by atoms with Gasteiger partial charge in [0.1, 0.15) is 5.82 Å². The maximum Gasteiger partial charge on any atom is 0.289 e. The van der Waals surface area contributed by atoms with Gasteiger partial charge in [-0.3, -0.25) is 4.79 Å². The zero-order chi connectivity index (χ0) is 18.9. The van der Waals surface area contributed by atoms with Gasteiger partial charge in [0.15, 0.2) is 17.4 Å². The molecule has 7 nitrogen and oxygen atoms in total. The van der Waals surface area contributed by atoms with E-state index >= 15 is 0 Å². The molecule has 9 heteroatoms. The molecule has 3 aromatic rings. The molecule has 0 unspecified atom stereocenters. The van der Waals surface area contributed by atoms with Gasteiger partial charge in [-0.15, -0.1) is 10.2 Å². The first-order valence-corrected chi connectivity index (χ1v) is 8.13. The summed E-state index contributed by atoms with van der Waals surface area (Å²) in [5.74, 6) is 0.0224. The van der Waals surface area contributed by atoms with Crippen molar-refractivity contribution in [3.05, 3.63) is 57.5 Å². The molecule has 0 saturated carbocycles. The molecule has 0 aliphatic carbocycles. The molecule has 0 atom stereocenters. The average molecular weight is 379 g/mol. The summed E-state index contributed by atoms with van der Waals surface area (Å²) in [4.78, 5) is 12.3. The highest BCUT2D eigenvalue weighted by Gasteiger charge is 2.20. The Hall–Kier alpha value is -2.74. The quantitative estimate of drug-likeness (QED) is 0.691. The van der Waals surface area contributed by atoms with Crippen LogP contribution in [-0.4, -0.2) is 20.0 Å². The molecular formula is C17H16ClFN4O3. The molecule has 0 N–H and O–H groups in total. The van der Waals surface area contributed by atoms with Crippen LogP contribution in [-0.2, 0) is 12.1 Å².